The van der Waals surface area contributed by atoms with Crippen molar-refractivity contribution in [1.82, 2.24) is 4.98 Å². The number of H-pyrrole nitrogens is 1. The first-order valence-electron chi connectivity index (χ1n) is 7.92. The van der Waals surface area contributed by atoms with Crippen molar-refractivity contribution in [3.05, 3.63) is 45.7 Å². The molecule has 0 fully saturated rings. The highest BCUT2D eigenvalue weighted by atomic mass is 32.2. The van der Waals surface area contributed by atoms with Crippen LogP contribution in [0.1, 0.15) is 20.7 Å². The van der Waals surface area contributed by atoms with Gasteiger partial charge in [-0.3, -0.25) is 14.4 Å². The number of methoxy groups -OCH3 is 2. The Balaban J connectivity index is 1.90. The first kappa shape index (κ1) is 19.8. The number of pyridine rings is 1. The average molecular weight is 420 g/mol. The summed E-state index contributed by atoms with van der Waals surface area (Å²) in [6.45, 7) is 0. The second-order valence-electron chi connectivity index (χ2n) is 5.63. The van der Waals surface area contributed by atoms with Crippen molar-refractivity contribution < 1.29 is 24.2 Å². The standard InChI is InChI=1S/C18H16N2O6S2/c1-25-11-4-3-8(5-12(11)26-2)10(22)7-27-18-14(17(19)24)15-16(28-18)9(21)6-13(23)20-15/h3-6H,7H2,1-2H3,(H2,19,24)(H2,20,21,23). The number of aromatic amines is 1. The molecule has 2 aromatic heterocycles. The fourth-order valence-electron chi connectivity index (χ4n) is 2.61. The summed E-state index contributed by atoms with van der Waals surface area (Å²) in [6.07, 6.45) is 0. The maximum atomic E-state index is 12.6. The number of aromatic hydroxyl groups is 1. The van der Waals surface area contributed by atoms with E-state index in [1.807, 2.05) is 0 Å². The third-order valence-corrected chi connectivity index (χ3v) is 6.39. The number of hydrogen-bond acceptors (Lipinski definition) is 8. The van der Waals surface area contributed by atoms with Crippen LogP contribution in [0.4, 0.5) is 0 Å². The normalized spacial score (nSPS) is 10.8. The van der Waals surface area contributed by atoms with E-state index in [-0.39, 0.29) is 28.4 Å². The molecule has 3 aromatic rings. The number of thiophene rings is 1. The molecule has 0 aliphatic carbocycles. The van der Waals surface area contributed by atoms with Gasteiger partial charge in [0.2, 0.25) is 0 Å². The molecule has 1 aromatic carbocycles. The van der Waals surface area contributed by atoms with Crippen molar-refractivity contribution in [1.29, 1.82) is 0 Å². The maximum absolute atomic E-state index is 12.6. The molecular weight excluding hydrogens is 404 g/mol. The zero-order valence-corrected chi connectivity index (χ0v) is 16.5. The lowest BCUT2D eigenvalue weighted by Crippen LogP contribution is -2.13. The number of nitrogens with one attached hydrogen (secondary N) is 1. The smallest absolute Gasteiger partial charge is 0.252 e. The summed E-state index contributed by atoms with van der Waals surface area (Å²) in [5, 5.41) is 9.97. The molecule has 8 nitrogen and oxygen atoms in total. The summed E-state index contributed by atoms with van der Waals surface area (Å²) < 4.78 is 11.1. The van der Waals surface area contributed by atoms with Gasteiger partial charge in [0.1, 0.15) is 5.75 Å². The summed E-state index contributed by atoms with van der Waals surface area (Å²) in [4.78, 5) is 38.6. The number of hydrogen-bond donors (Lipinski definition) is 3. The van der Waals surface area contributed by atoms with Crippen molar-refractivity contribution >= 4 is 45.0 Å². The monoisotopic (exact) mass is 420 g/mol. The Labute approximate surface area is 167 Å². The summed E-state index contributed by atoms with van der Waals surface area (Å²) in [5.41, 5.74) is 5.57. The third kappa shape index (κ3) is 3.69. The number of ketones is 1. The minimum absolute atomic E-state index is 0.0214. The maximum Gasteiger partial charge on any atom is 0.252 e. The molecule has 0 saturated heterocycles. The molecule has 0 bridgehead atoms. The van der Waals surface area contributed by atoms with Crippen LogP contribution < -0.4 is 20.8 Å². The van der Waals surface area contributed by atoms with E-state index in [1.165, 1.54) is 14.2 Å². The van der Waals surface area contributed by atoms with Crippen LogP contribution in [-0.2, 0) is 0 Å². The van der Waals surface area contributed by atoms with Gasteiger partial charge in [-0.2, -0.15) is 0 Å². The molecule has 0 aliphatic rings. The predicted octanol–water partition coefficient (Wildman–Crippen LogP) is 2.39. The first-order valence-corrected chi connectivity index (χ1v) is 9.72. The van der Waals surface area contributed by atoms with E-state index < -0.39 is 11.5 Å². The van der Waals surface area contributed by atoms with Gasteiger partial charge in [0.25, 0.3) is 11.5 Å². The van der Waals surface area contributed by atoms with Crippen molar-refractivity contribution in [3.63, 3.8) is 0 Å². The molecule has 0 spiro atoms. The number of benzene rings is 1. The number of fused-ring (bicyclic) bond motifs is 1. The van der Waals surface area contributed by atoms with Gasteiger partial charge in [0.05, 0.1) is 40.0 Å². The lowest BCUT2D eigenvalue weighted by Gasteiger charge is -2.09. The van der Waals surface area contributed by atoms with Crippen LogP contribution in [0.15, 0.2) is 33.3 Å². The Morgan fingerprint density at radius 1 is 1.21 bits per heavy atom. The van der Waals surface area contributed by atoms with Crippen LogP contribution in [-0.4, -0.2) is 41.8 Å². The number of amides is 1. The molecule has 0 aliphatic heterocycles. The van der Waals surface area contributed by atoms with Gasteiger partial charge < -0.3 is 25.3 Å². The highest BCUT2D eigenvalue weighted by Gasteiger charge is 2.22. The van der Waals surface area contributed by atoms with E-state index in [0.717, 1.165) is 29.2 Å². The molecule has 1 amide bonds. The van der Waals surface area contributed by atoms with Crippen LogP contribution >= 0.6 is 23.1 Å². The molecule has 0 atom stereocenters. The van der Waals surface area contributed by atoms with E-state index in [2.05, 4.69) is 4.98 Å². The van der Waals surface area contributed by atoms with Crippen LogP contribution in [0.2, 0.25) is 0 Å². The molecule has 3 rings (SSSR count). The minimum Gasteiger partial charge on any atom is -0.506 e. The van der Waals surface area contributed by atoms with Crippen molar-refractivity contribution in [2.45, 2.75) is 4.21 Å². The van der Waals surface area contributed by atoms with Gasteiger partial charge in [-0.25, -0.2) is 0 Å². The summed E-state index contributed by atoms with van der Waals surface area (Å²) in [5.74, 6) is -0.241. The van der Waals surface area contributed by atoms with E-state index in [0.29, 0.717) is 26.0 Å². The van der Waals surface area contributed by atoms with E-state index in [9.17, 15) is 19.5 Å². The molecule has 146 valence electrons. The van der Waals surface area contributed by atoms with E-state index in [1.54, 1.807) is 18.2 Å². The molecule has 28 heavy (non-hydrogen) atoms. The molecule has 4 N–H and O–H groups in total. The van der Waals surface area contributed by atoms with Crippen LogP contribution in [0.3, 0.4) is 0 Å². The number of thioether (sulfide) groups is 1. The second-order valence-corrected chi connectivity index (χ2v) is 7.90. The summed E-state index contributed by atoms with van der Waals surface area (Å²) in [6, 6.07) is 5.85. The topological polar surface area (TPSA) is 132 Å². The zero-order valence-electron chi connectivity index (χ0n) is 14.9. The number of carbonyl (C=O) groups is 2. The Bertz CT molecular complexity index is 1140. The van der Waals surface area contributed by atoms with Gasteiger partial charge in [-0.1, -0.05) is 0 Å². The Kier molecular flexibility index (Phi) is 5.61. The Morgan fingerprint density at radius 3 is 2.57 bits per heavy atom. The van der Waals surface area contributed by atoms with Crippen molar-refractivity contribution in [2.75, 3.05) is 20.0 Å². The molecule has 0 saturated carbocycles. The van der Waals surface area contributed by atoms with Crippen LogP contribution in [0.25, 0.3) is 10.2 Å². The second kappa shape index (κ2) is 7.95. The molecule has 0 unspecified atom stereocenters. The molecular formula is C18H16N2O6S2. The minimum atomic E-state index is -0.756. The zero-order chi connectivity index (χ0) is 20.4. The van der Waals surface area contributed by atoms with Crippen molar-refractivity contribution in [2.24, 2.45) is 5.73 Å². The fourth-order valence-corrected chi connectivity index (χ4v) is 4.96. The summed E-state index contributed by atoms with van der Waals surface area (Å²) in [7, 11) is 2.98. The van der Waals surface area contributed by atoms with Gasteiger partial charge in [-0.05, 0) is 18.2 Å². The number of carbonyl (C=O) groups excluding carboxylic acids is 2. The number of ether oxygens (including phenoxy) is 2. The van der Waals surface area contributed by atoms with Gasteiger partial charge in [-0.15, -0.1) is 23.1 Å². The van der Waals surface area contributed by atoms with Crippen LogP contribution in [0, 0.1) is 0 Å². The summed E-state index contributed by atoms with van der Waals surface area (Å²) >= 11 is 2.19. The Hall–Kier alpha value is -2.98. The fraction of sp³-hybridized carbons (Fsp3) is 0.167. The molecule has 10 heteroatoms. The number of Topliss-reactive ketones (excluding diaryl/α,β-unsaturated/α-hetero) is 1. The highest BCUT2D eigenvalue weighted by molar-refractivity contribution is 8.02. The number of nitrogens with two attached hydrogens (primary N) is 1. The SMILES string of the molecule is COc1ccc(C(=O)CSc2sc3c(O)cc(=O)[nH]c3c2C(N)=O)cc1OC. The van der Waals surface area contributed by atoms with Gasteiger partial charge in [0.15, 0.2) is 17.3 Å². The lowest BCUT2D eigenvalue weighted by molar-refractivity contribution is 0.0995. The Morgan fingerprint density at radius 2 is 1.93 bits per heavy atom. The largest absolute Gasteiger partial charge is 0.506 e. The van der Waals surface area contributed by atoms with Gasteiger partial charge in [0, 0.05) is 11.6 Å². The van der Waals surface area contributed by atoms with Crippen LogP contribution in [0.5, 0.6) is 17.2 Å². The van der Waals surface area contributed by atoms with E-state index >= 15 is 0 Å². The quantitative estimate of drug-likeness (QED) is 0.395. The first-order chi connectivity index (χ1) is 13.3. The highest BCUT2D eigenvalue weighted by Crippen LogP contribution is 2.40. The third-order valence-electron chi connectivity index (χ3n) is 3.91. The van der Waals surface area contributed by atoms with E-state index in [4.69, 9.17) is 15.2 Å². The number of primary amides is 1. The predicted molar refractivity (Wildman–Crippen MR) is 107 cm³/mol. The molecule has 2 heterocycles. The lowest BCUT2D eigenvalue weighted by atomic mass is 10.1. The van der Waals surface area contributed by atoms with Crippen molar-refractivity contribution in [3.8, 4) is 17.2 Å². The van der Waals surface area contributed by atoms with Gasteiger partial charge >= 0.3 is 0 Å². The molecule has 0 radical (unpaired) electrons. The average Bonchev–Trinajstić information content (AvgIpc) is 3.04. The number of aromatic nitrogens is 1. The number of rotatable bonds is 7.